The molecule has 2 aromatic rings. The Morgan fingerprint density at radius 3 is 2.31 bits per heavy atom. The topological polar surface area (TPSA) is 84.9 Å². The average Bonchev–Trinajstić information content (AvgIpc) is 2.72. The van der Waals surface area contributed by atoms with Crippen LogP contribution in [0.15, 0.2) is 59.5 Å². The summed E-state index contributed by atoms with van der Waals surface area (Å²) in [6.45, 7) is 4.50. The highest BCUT2D eigenvalue weighted by molar-refractivity contribution is 7.92. The van der Waals surface area contributed by atoms with E-state index in [4.69, 9.17) is 9.47 Å². The zero-order valence-electron chi connectivity index (χ0n) is 17.0. The Bertz CT molecular complexity index is 868. The molecule has 0 radical (unpaired) electrons. The summed E-state index contributed by atoms with van der Waals surface area (Å²) in [6.07, 6.45) is 0.782. The summed E-state index contributed by atoms with van der Waals surface area (Å²) in [5.41, 5.74) is 0.382. The quantitative estimate of drug-likeness (QED) is 0.565. The fourth-order valence-corrected chi connectivity index (χ4v) is 4.03. The molecule has 2 aromatic carbocycles. The smallest absolute Gasteiger partial charge is 0.264 e. The van der Waals surface area contributed by atoms with Gasteiger partial charge in [-0.2, -0.15) is 0 Å². The molecule has 0 spiro atoms. The third-order valence-electron chi connectivity index (χ3n) is 4.07. The average molecular weight is 421 g/mol. The van der Waals surface area contributed by atoms with Gasteiger partial charge in [0, 0.05) is 13.2 Å². The Morgan fingerprint density at radius 1 is 1.07 bits per heavy atom. The van der Waals surface area contributed by atoms with Gasteiger partial charge in [0.2, 0.25) is 5.91 Å². The van der Waals surface area contributed by atoms with Crippen LogP contribution in [0.1, 0.15) is 20.3 Å². The molecule has 0 aliphatic rings. The largest absolute Gasteiger partial charge is 0.497 e. The van der Waals surface area contributed by atoms with Gasteiger partial charge in [-0.3, -0.25) is 9.10 Å². The lowest BCUT2D eigenvalue weighted by Crippen LogP contribution is -2.41. The lowest BCUT2D eigenvalue weighted by molar-refractivity contribution is -0.119. The molecule has 7 nitrogen and oxygen atoms in total. The van der Waals surface area contributed by atoms with Gasteiger partial charge in [-0.15, -0.1) is 0 Å². The van der Waals surface area contributed by atoms with Crippen molar-refractivity contribution in [1.82, 2.24) is 5.32 Å². The number of amides is 1. The summed E-state index contributed by atoms with van der Waals surface area (Å²) in [6, 6.07) is 14.6. The van der Waals surface area contributed by atoms with E-state index in [2.05, 4.69) is 5.32 Å². The molecule has 158 valence electrons. The van der Waals surface area contributed by atoms with Crippen molar-refractivity contribution in [2.45, 2.75) is 31.3 Å². The minimum Gasteiger partial charge on any atom is -0.497 e. The van der Waals surface area contributed by atoms with Crippen LogP contribution in [0.2, 0.25) is 0 Å². The maximum absolute atomic E-state index is 13.2. The molecule has 0 fully saturated rings. The second kappa shape index (κ2) is 10.8. The predicted octanol–water partition coefficient (Wildman–Crippen LogP) is 2.82. The maximum atomic E-state index is 13.2. The fourth-order valence-electron chi connectivity index (χ4n) is 2.59. The molecule has 0 saturated heterocycles. The van der Waals surface area contributed by atoms with Crippen molar-refractivity contribution in [3.63, 3.8) is 0 Å². The monoisotopic (exact) mass is 420 g/mol. The molecule has 8 heteroatoms. The number of rotatable bonds is 11. The van der Waals surface area contributed by atoms with Gasteiger partial charge in [0.25, 0.3) is 10.0 Å². The first-order valence-corrected chi connectivity index (χ1v) is 10.9. The van der Waals surface area contributed by atoms with Crippen LogP contribution in [0.3, 0.4) is 0 Å². The molecule has 1 amide bonds. The van der Waals surface area contributed by atoms with Crippen LogP contribution < -0.4 is 14.4 Å². The second-order valence-electron chi connectivity index (χ2n) is 6.65. The molecular formula is C21H28N2O5S. The van der Waals surface area contributed by atoms with E-state index in [0.29, 0.717) is 31.0 Å². The van der Waals surface area contributed by atoms with Crippen LogP contribution in [0, 0.1) is 0 Å². The Labute approximate surface area is 172 Å². The van der Waals surface area contributed by atoms with Crippen molar-refractivity contribution in [2.24, 2.45) is 0 Å². The van der Waals surface area contributed by atoms with Gasteiger partial charge < -0.3 is 14.8 Å². The number of nitrogens with one attached hydrogen (secondary N) is 1. The number of nitrogens with zero attached hydrogens (tertiary/aromatic N) is 1. The summed E-state index contributed by atoms with van der Waals surface area (Å²) in [4.78, 5) is 12.6. The molecule has 1 N–H and O–H groups in total. The minimum atomic E-state index is -3.91. The third kappa shape index (κ3) is 6.76. The molecule has 29 heavy (non-hydrogen) atoms. The summed E-state index contributed by atoms with van der Waals surface area (Å²) >= 11 is 0. The summed E-state index contributed by atoms with van der Waals surface area (Å²) in [5.74, 6) is 0.213. The highest BCUT2D eigenvalue weighted by Crippen LogP contribution is 2.25. The lowest BCUT2D eigenvalue weighted by Gasteiger charge is -2.24. The molecule has 0 aromatic heterocycles. The molecule has 0 heterocycles. The van der Waals surface area contributed by atoms with E-state index in [1.807, 2.05) is 13.8 Å². The first-order valence-electron chi connectivity index (χ1n) is 9.44. The molecule has 0 saturated carbocycles. The Hall–Kier alpha value is -2.58. The van der Waals surface area contributed by atoms with E-state index in [-0.39, 0.29) is 23.5 Å². The van der Waals surface area contributed by atoms with Crippen molar-refractivity contribution in [3.05, 3.63) is 54.6 Å². The van der Waals surface area contributed by atoms with Gasteiger partial charge in [-0.1, -0.05) is 18.2 Å². The van der Waals surface area contributed by atoms with Crippen molar-refractivity contribution >= 4 is 21.6 Å². The minimum absolute atomic E-state index is 0.119. The van der Waals surface area contributed by atoms with Crippen molar-refractivity contribution in [3.8, 4) is 5.75 Å². The second-order valence-corrected chi connectivity index (χ2v) is 8.51. The van der Waals surface area contributed by atoms with Crippen LogP contribution in [-0.2, 0) is 19.6 Å². The summed E-state index contributed by atoms with van der Waals surface area (Å²) < 4.78 is 38.0. The van der Waals surface area contributed by atoms with Gasteiger partial charge in [-0.25, -0.2) is 8.42 Å². The first-order chi connectivity index (χ1) is 13.8. The van der Waals surface area contributed by atoms with Crippen LogP contribution >= 0.6 is 0 Å². The highest BCUT2D eigenvalue weighted by atomic mass is 32.2. The Balaban J connectivity index is 2.16. The molecule has 0 aliphatic carbocycles. The van der Waals surface area contributed by atoms with E-state index < -0.39 is 10.0 Å². The predicted molar refractivity (Wildman–Crippen MR) is 113 cm³/mol. The van der Waals surface area contributed by atoms with Gasteiger partial charge in [0.15, 0.2) is 0 Å². The number of hydrogen-bond acceptors (Lipinski definition) is 5. The molecule has 0 unspecified atom stereocenters. The highest BCUT2D eigenvalue weighted by Gasteiger charge is 2.27. The molecule has 0 bridgehead atoms. The van der Waals surface area contributed by atoms with Crippen molar-refractivity contribution in [1.29, 1.82) is 0 Å². The number of carbonyl (C=O) groups is 1. The SMILES string of the molecule is COc1ccc(N(CC(=O)NCCCOC(C)C)S(=O)(=O)c2ccccc2)cc1. The van der Waals surface area contributed by atoms with Gasteiger partial charge in [0.05, 0.1) is 23.8 Å². The third-order valence-corrected chi connectivity index (χ3v) is 5.86. The van der Waals surface area contributed by atoms with E-state index in [0.717, 1.165) is 4.31 Å². The van der Waals surface area contributed by atoms with Crippen molar-refractivity contribution < 1.29 is 22.7 Å². The lowest BCUT2D eigenvalue weighted by atomic mass is 10.3. The van der Waals surface area contributed by atoms with Crippen LogP contribution in [-0.4, -0.2) is 47.2 Å². The maximum Gasteiger partial charge on any atom is 0.264 e. The molecule has 2 rings (SSSR count). The number of anilines is 1. The standard InChI is InChI=1S/C21H28N2O5S/c1-17(2)28-15-7-14-22-21(24)16-23(18-10-12-19(27-3)13-11-18)29(25,26)20-8-5-4-6-9-20/h4-6,8-13,17H,7,14-16H2,1-3H3,(H,22,24). The van der Waals surface area contributed by atoms with E-state index in [1.165, 1.54) is 19.2 Å². The summed E-state index contributed by atoms with van der Waals surface area (Å²) in [7, 11) is -2.38. The number of hydrogen-bond donors (Lipinski definition) is 1. The van der Waals surface area contributed by atoms with E-state index in [9.17, 15) is 13.2 Å². The Kier molecular flexibility index (Phi) is 8.48. The zero-order valence-corrected chi connectivity index (χ0v) is 17.8. The first kappa shape index (κ1) is 22.7. The number of ether oxygens (including phenoxy) is 2. The Morgan fingerprint density at radius 2 is 1.72 bits per heavy atom. The van der Waals surface area contributed by atoms with Gasteiger partial charge in [-0.05, 0) is 56.7 Å². The number of carbonyl (C=O) groups excluding carboxylic acids is 1. The molecule has 0 atom stereocenters. The van der Waals surface area contributed by atoms with E-state index >= 15 is 0 Å². The molecular weight excluding hydrogens is 392 g/mol. The van der Waals surface area contributed by atoms with Crippen molar-refractivity contribution in [2.75, 3.05) is 31.1 Å². The van der Waals surface area contributed by atoms with Crippen LogP contribution in [0.4, 0.5) is 5.69 Å². The zero-order chi connectivity index (χ0) is 21.3. The molecule has 0 aliphatic heterocycles. The van der Waals surface area contributed by atoms with Gasteiger partial charge >= 0.3 is 0 Å². The van der Waals surface area contributed by atoms with Crippen LogP contribution in [0.25, 0.3) is 0 Å². The number of sulfonamides is 1. The van der Waals surface area contributed by atoms with Gasteiger partial charge in [0.1, 0.15) is 12.3 Å². The van der Waals surface area contributed by atoms with Crippen LogP contribution in [0.5, 0.6) is 5.75 Å². The fraction of sp³-hybridized carbons (Fsp3) is 0.381. The number of benzene rings is 2. The normalized spacial score (nSPS) is 11.3. The van der Waals surface area contributed by atoms with E-state index in [1.54, 1.807) is 42.5 Å². The number of methoxy groups -OCH3 is 1. The summed E-state index contributed by atoms with van der Waals surface area (Å²) in [5, 5.41) is 2.75.